The van der Waals surface area contributed by atoms with Crippen LogP contribution in [0.2, 0.25) is 0 Å². The van der Waals surface area contributed by atoms with Crippen molar-refractivity contribution < 1.29 is 9.53 Å². The first-order chi connectivity index (χ1) is 8.22. The molecule has 0 unspecified atom stereocenters. The van der Waals surface area contributed by atoms with Gasteiger partial charge < -0.3 is 4.74 Å². The van der Waals surface area contributed by atoms with Crippen molar-refractivity contribution in [2.45, 2.75) is 6.92 Å². The number of rotatable bonds is 3. The molecule has 0 N–H and O–H groups in total. The highest BCUT2D eigenvalue weighted by molar-refractivity contribution is 6.00. The van der Waals surface area contributed by atoms with Crippen molar-refractivity contribution in [2.75, 3.05) is 7.11 Å². The zero-order chi connectivity index (χ0) is 12.3. The second kappa shape index (κ2) is 4.83. The van der Waals surface area contributed by atoms with E-state index < -0.39 is 0 Å². The van der Waals surface area contributed by atoms with Crippen LogP contribution in [-0.2, 0) is 0 Å². The van der Waals surface area contributed by atoms with Crippen molar-refractivity contribution in [3.8, 4) is 16.9 Å². The minimum absolute atomic E-state index is 0.0726. The maximum Gasteiger partial charge on any atom is 0.160 e. The third-order valence-corrected chi connectivity index (χ3v) is 2.69. The standard InChI is InChI=1S/C15H14O2/c1-11(16)14-8-3-4-9-15(14)12-6-5-7-13(10-12)17-2/h3-10H,1-2H3. The first-order valence-electron chi connectivity index (χ1n) is 5.47. The first kappa shape index (κ1) is 11.4. The van der Waals surface area contributed by atoms with Crippen LogP contribution in [0.3, 0.4) is 0 Å². The molecular weight excluding hydrogens is 212 g/mol. The molecule has 0 bridgehead atoms. The number of carbonyl (C=O) groups excluding carboxylic acids is 1. The fourth-order valence-corrected chi connectivity index (χ4v) is 1.83. The number of Topliss-reactive ketones (excluding diaryl/α,β-unsaturated/α-hetero) is 1. The van der Waals surface area contributed by atoms with Gasteiger partial charge in [0.15, 0.2) is 5.78 Å². The first-order valence-corrected chi connectivity index (χ1v) is 5.47. The molecule has 2 aromatic carbocycles. The van der Waals surface area contributed by atoms with Gasteiger partial charge in [0.25, 0.3) is 0 Å². The van der Waals surface area contributed by atoms with Gasteiger partial charge in [0.1, 0.15) is 5.75 Å². The van der Waals surface area contributed by atoms with Gasteiger partial charge in [0, 0.05) is 5.56 Å². The zero-order valence-corrected chi connectivity index (χ0v) is 9.94. The van der Waals surface area contributed by atoms with E-state index in [1.54, 1.807) is 14.0 Å². The molecule has 2 rings (SSSR count). The predicted molar refractivity (Wildman–Crippen MR) is 68.4 cm³/mol. The fourth-order valence-electron chi connectivity index (χ4n) is 1.83. The minimum Gasteiger partial charge on any atom is -0.497 e. The molecule has 0 heterocycles. The molecule has 0 fully saturated rings. The summed E-state index contributed by atoms with van der Waals surface area (Å²) in [7, 11) is 1.63. The summed E-state index contributed by atoms with van der Waals surface area (Å²) < 4.78 is 5.19. The van der Waals surface area contributed by atoms with E-state index in [2.05, 4.69) is 0 Å². The summed E-state index contributed by atoms with van der Waals surface area (Å²) in [5.74, 6) is 0.865. The number of hydrogen-bond acceptors (Lipinski definition) is 2. The summed E-state index contributed by atoms with van der Waals surface area (Å²) >= 11 is 0. The Labute approximate surface area is 101 Å². The molecule has 17 heavy (non-hydrogen) atoms. The van der Waals surface area contributed by atoms with Gasteiger partial charge in [-0.1, -0.05) is 36.4 Å². The lowest BCUT2D eigenvalue weighted by molar-refractivity contribution is 0.101. The van der Waals surface area contributed by atoms with E-state index in [4.69, 9.17) is 4.74 Å². The van der Waals surface area contributed by atoms with Crippen LogP contribution in [0.5, 0.6) is 5.75 Å². The maximum absolute atomic E-state index is 11.6. The zero-order valence-electron chi connectivity index (χ0n) is 9.94. The lowest BCUT2D eigenvalue weighted by Gasteiger charge is -2.08. The van der Waals surface area contributed by atoms with E-state index in [1.807, 2.05) is 48.5 Å². The number of ether oxygens (including phenoxy) is 1. The largest absolute Gasteiger partial charge is 0.497 e. The van der Waals surface area contributed by atoms with E-state index in [0.29, 0.717) is 0 Å². The monoisotopic (exact) mass is 226 g/mol. The van der Waals surface area contributed by atoms with Crippen molar-refractivity contribution in [1.29, 1.82) is 0 Å². The van der Waals surface area contributed by atoms with Crippen LogP contribution in [0.25, 0.3) is 11.1 Å². The van der Waals surface area contributed by atoms with Crippen molar-refractivity contribution in [2.24, 2.45) is 0 Å². The fraction of sp³-hybridized carbons (Fsp3) is 0.133. The highest BCUT2D eigenvalue weighted by atomic mass is 16.5. The summed E-state index contributed by atoms with van der Waals surface area (Å²) in [5.41, 5.74) is 2.68. The third-order valence-electron chi connectivity index (χ3n) is 2.69. The SMILES string of the molecule is COc1cccc(-c2ccccc2C(C)=O)c1. The van der Waals surface area contributed by atoms with Gasteiger partial charge in [-0.05, 0) is 30.2 Å². The Hall–Kier alpha value is -2.09. The van der Waals surface area contributed by atoms with Gasteiger partial charge in [-0.15, -0.1) is 0 Å². The molecule has 0 radical (unpaired) electrons. The molecule has 0 saturated carbocycles. The summed E-state index contributed by atoms with van der Waals surface area (Å²) in [6.07, 6.45) is 0. The van der Waals surface area contributed by atoms with Crippen LogP contribution >= 0.6 is 0 Å². The molecule has 0 aromatic heterocycles. The summed E-state index contributed by atoms with van der Waals surface area (Å²) in [5, 5.41) is 0. The van der Waals surface area contributed by atoms with Gasteiger partial charge >= 0.3 is 0 Å². The van der Waals surface area contributed by atoms with E-state index in [-0.39, 0.29) is 5.78 Å². The van der Waals surface area contributed by atoms with Crippen LogP contribution in [-0.4, -0.2) is 12.9 Å². The summed E-state index contributed by atoms with van der Waals surface area (Å²) in [6, 6.07) is 15.3. The highest BCUT2D eigenvalue weighted by Gasteiger charge is 2.08. The Morgan fingerprint density at radius 2 is 1.82 bits per heavy atom. The average Bonchev–Trinajstić information content (AvgIpc) is 2.39. The quantitative estimate of drug-likeness (QED) is 0.748. The number of hydrogen-bond donors (Lipinski definition) is 0. The topological polar surface area (TPSA) is 26.3 Å². The molecule has 2 nitrogen and oxygen atoms in total. The van der Waals surface area contributed by atoms with E-state index >= 15 is 0 Å². The molecule has 0 aliphatic rings. The third kappa shape index (κ3) is 2.36. The van der Waals surface area contributed by atoms with Gasteiger partial charge in [-0.25, -0.2) is 0 Å². The molecular formula is C15H14O2. The number of methoxy groups -OCH3 is 1. The van der Waals surface area contributed by atoms with Gasteiger partial charge in [0.2, 0.25) is 0 Å². The van der Waals surface area contributed by atoms with Crippen LogP contribution in [0.4, 0.5) is 0 Å². The number of benzene rings is 2. The van der Waals surface area contributed by atoms with Gasteiger partial charge in [0.05, 0.1) is 7.11 Å². The summed E-state index contributed by atoms with van der Waals surface area (Å²) in [4.78, 5) is 11.6. The van der Waals surface area contributed by atoms with Crippen LogP contribution in [0.15, 0.2) is 48.5 Å². The molecule has 0 saturated heterocycles. The maximum atomic E-state index is 11.6. The van der Waals surface area contributed by atoms with E-state index in [1.165, 1.54) is 0 Å². The normalized spacial score (nSPS) is 10.0. The van der Waals surface area contributed by atoms with Crippen LogP contribution in [0.1, 0.15) is 17.3 Å². The molecule has 0 aliphatic carbocycles. The Kier molecular flexibility index (Phi) is 3.24. The van der Waals surface area contributed by atoms with Crippen LogP contribution in [0, 0.1) is 0 Å². The van der Waals surface area contributed by atoms with Crippen molar-refractivity contribution in [3.63, 3.8) is 0 Å². The summed E-state index contributed by atoms with van der Waals surface area (Å²) in [6.45, 7) is 1.58. The molecule has 2 heteroatoms. The highest BCUT2D eigenvalue weighted by Crippen LogP contribution is 2.27. The lowest BCUT2D eigenvalue weighted by atomic mass is 9.97. The van der Waals surface area contributed by atoms with E-state index in [9.17, 15) is 4.79 Å². The van der Waals surface area contributed by atoms with Crippen molar-refractivity contribution in [1.82, 2.24) is 0 Å². The van der Waals surface area contributed by atoms with Crippen LogP contribution < -0.4 is 4.74 Å². The second-order valence-electron chi connectivity index (χ2n) is 3.83. The second-order valence-corrected chi connectivity index (χ2v) is 3.83. The number of ketones is 1. The van der Waals surface area contributed by atoms with Gasteiger partial charge in [-0.3, -0.25) is 4.79 Å². The lowest BCUT2D eigenvalue weighted by Crippen LogP contribution is -1.95. The molecule has 0 spiro atoms. The Morgan fingerprint density at radius 3 is 2.53 bits per heavy atom. The molecule has 0 amide bonds. The molecule has 2 aromatic rings. The van der Waals surface area contributed by atoms with Crippen molar-refractivity contribution >= 4 is 5.78 Å². The minimum atomic E-state index is 0.0726. The predicted octanol–water partition coefficient (Wildman–Crippen LogP) is 3.56. The Bertz CT molecular complexity index is 544. The molecule has 86 valence electrons. The average molecular weight is 226 g/mol. The smallest absolute Gasteiger partial charge is 0.160 e. The van der Waals surface area contributed by atoms with Gasteiger partial charge in [-0.2, -0.15) is 0 Å². The Morgan fingerprint density at radius 1 is 1.06 bits per heavy atom. The molecule has 0 atom stereocenters. The Balaban J connectivity index is 2.56. The van der Waals surface area contributed by atoms with Crippen molar-refractivity contribution in [3.05, 3.63) is 54.1 Å². The number of carbonyl (C=O) groups is 1. The molecule has 0 aliphatic heterocycles. The van der Waals surface area contributed by atoms with E-state index in [0.717, 1.165) is 22.4 Å².